The first-order valence-electron chi connectivity index (χ1n) is 17.5. The molecule has 2 saturated heterocycles. The zero-order valence-corrected chi connectivity index (χ0v) is 28.2. The fraction of sp³-hybridized carbons (Fsp3) is 1.00. The van der Waals surface area contributed by atoms with E-state index in [-0.39, 0.29) is 2.85 Å². The van der Waals surface area contributed by atoms with Crippen LogP contribution in [0.3, 0.4) is 0 Å². The second-order valence-corrected chi connectivity index (χ2v) is 13.2. The van der Waals surface area contributed by atoms with Gasteiger partial charge in [-0.2, -0.15) is 0 Å². The third-order valence-corrected chi connectivity index (χ3v) is 9.54. The molecule has 3 aliphatic carbocycles. The van der Waals surface area contributed by atoms with Crippen LogP contribution in [0.4, 0.5) is 0 Å². The Labute approximate surface area is 254 Å². The SMILES string of the molecule is CCCNCC.CCOCC1CCCN(CC)C1.CNCC1(C)CCCNC1.CNCC1CCC2CCC1CC2.[HH].[HH]. The number of likely N-dealkylation sites (tertiary alicyclic amines) is 1. The Bertz CT molecular complexity index is 551. The minimum absolute atomic E-state index is 0. The highest BCUT2D eigenvalue weighted by Gasteiger charge is 2.31. The topological polar surface area (TPSA) is 60.6 Å². The largest absolute Gasteiger partial charge is 0.381 e. The molecule has 0 aromatic rings. The van der Waals surface area contributed by atoms with Crippen LogP contribution in [0.25, 0.3) is 0 Å². The first kappa shape index (κ1) is 37.8. The third kappa shape index (κ3) is 17.0. The van der Waals surface area contributed by atoms with Crippen molar-refractivity contribution in [1.82, 2.24) is 26.2 Å². The van der Waals surface area contributed by atoms with Crippen molar-refractivity contribution in [1.29, 1.82) is 0 Å². The van der Waals surface area contributed by atoms with E-state index in [1.54, 1.807) is 0 Å². The Balaban J connectivity index is 0. The van der Waals surface area contributed by atoms with E-state index < -0.39 is 0 Å². The summed E-state index contributed by atoms with van der Waals surface area (Å²) in [5.41, 5.74) is 0.507. The van der Waals surface area contributed by atoms with Crippen LogP contribution in [-0.4, -0.2) is 91.1 Å². The lowest BCUT2D eigenvalue weighted by atomic mass is 9.80. The summed E-state index contributed by atoms with van der Waals surface area (Å²) in [6.45, 7) is 23.6. The van der Waals surface area contributed by atoms with E-state index in [4.69, 9.17) is 4.74 Å². The second-order valence-electron chi connectivity index (χ2n) is 13.2. The van der Waals surface area contributed by atoms with Gasteiger partial charge in [-0.3, -0.25) is 0 Å². The lowest BCUT2D eigenvalue weighted by Gasteiger charge is -2.33. The quantitative estimate of drug-likeness (QED) is 0.219. The molecule has 0 radical (unpaired) electrons. The van der Waals surface area contributed by atoms with Crippen LogP contribution >= 0.6 is 0 Å². The highest BCUT2D eigenvalue weighted by Crippen LogP contribution is 2.41. The van der Waals surface area contributed by atoms with Gasteiger partial charge in [0.05, 0.1) is 6.61 Å². The molecule has 5 rings (SSSR count). The summed E-state index contributed by atoms with van der Waals surface area (Å²) in [5, 5.41) is 13.2. The Morgan fingerprint density at radius 3 is 2.25 bits per heavy atom. The molecule has 0 aromatic carbocycles. The van der Waals surface area contributed by atoms with Crippen molar-refractivity contribution in [3.8, 4) is 0 Å². The lowest BCUT2D eigenvalue weighted by Crippen LogP contribution is -2.43. The van der Waals surface area contributed by atoms with Crippen molar-refractivity contribution in [3.05, 3.63) is 0 Å². The predicted molar refractivity (Wildman–Crippen MR) is 181 cm³/mol. The van der Waals surface area contributed by atoms with E-state index >= 15 is 0 Å². The number of ether oxygens (including phenoxy) is 1. The number of piperidine rings is 2. The van der Waals surface area contributed by atoms with Crippen molar-refractivity contribution in [2.24, 2.45) is 29.1 Å². The van der Waals surface area contributed by atoms with Gasteiger partial charge in [-0.25, -0.2) is 0 Å². The highest BCUT2D eigenvalue weighted by molar-refractivity contribution is 4.84. The van der Waals surface area contributed by atoms with Crippen molar-refractivity contribution >= 4 is 0 Å². The molecule has 2 heterocycles. The summed E-state index contributed by atoms with van der Waals surface area (Å²) in [5.74, 6) is 3.96. The molecular formula is C34H77N5O. The van der Waals surface area contributed by atoms with Gasteiger partial charge in [-0.15, -0.1) is 0 Å². The molecule has 0 spiro atoms. The van der Waals surface area contributed by atoms with Crippen LogP contribution in [0.2, 0.25) is 0 Å². The highest BCUT2D eigenvalue weighted by atomic mass is 16.5. The van der Waals surface area contributed by atoms with Crippen molar-refractivity contribution in [2.75, 3.05) is 86.2 Å². The van der Waals surface area contributed by atoms with E-state index in [1.165, 1.54) is 110 Å². The summed E-state index contributed by atoms with van der Waals surface area (Å²) in [4.78, 5) is 2.52. The minimum atomic E-state index is 0. The molecule has 0 amide bonds. The standard InChI is InChI=1S/C11H21N.C10H21NO.C8H18N2.C5H13N.2H2/c1-12-8-11-7-4-9-2-5-10(11)6-3-9;1-3-11-7-5-6-10(8-11)9-12-4-2;1-8(6-9-2)4-3-5-10-7-8;1-3-5-6-4-2;;/h9-12H,2-8H2,1H3;10H,3-9H2,1-2H3;9-10H,3-7H2,1-2H3;6H,3-5H2,1-2H3;2*1H. The molecule has 6 nitrogen and oxygen atoms in total. The van der Waals surface area contributed by atoms with Gasteiger partial charge in [-0.05, 0) is 141 Å². The summed E-state index contributed by atoms with van der Waals surface area (Å²) in [6.07, 6.45) is 15.8. The Morgan fingerprint density at radius 2 is 1.70 bits per heavy atom. The average Bonchev–Trinajstić information content (AvgIpc) is 3.30. The molecule has 4 N–H and O–H groups in total. The van der Waals surface area contributed by atoms with Crippen molar-refractivity contribution < 1.29 is 7.59 Å². The van der Waals surface area contributed by atoms with Gasteiger partial charge >= 0.3 is 0 Å². The first-order chi connectivity index (χ1) is 19.4. The van der Waals surface area contributed by atoms with E-state index in [0.717, 1.165) is 56.5 Å². The van der Waals surface area contributed by atoms with Gasteiger partial charge in [-0.1, -0.05) is 47.0 Å². The maximum Gasteiger partial charge on any atom is 0.0506 e. The number of nitrogens with one attached hydrogen (secondary N) is 4. The lowest BCUT2D eigenvalue weighted by molar-refractivity contribution is 0.0689. The zero-order chi connectivity index (χ0) is 29.5. The maximum atomic E-state index is 5.44. The normalized spacial score (nSPS) is 30.1. The van der Waals surface area contributed by atoms with Crippen LogP contribution in [0.5, 0.6) is 0 Å². The molecule has 3 saturated carbocycles. The van der Waals surface area contributed by atoms with Gasteiger partial charge in [0.15, 0.2) is 0 Å². The van der Waals surface area contributed by atoms with Crippen LogP contribution in [0.1, 0.15) is 108 Å². The first-order valence-corrected chi connectivity index (χ1v) is 17.5. The summed E-state index contributed by atoms with van der Waals surface area (Å²) < 4.78 is 5.44. The molecule has 3 atom stereocenters. The van der Waals surface area contributed by atoms with E-state index in [0.29, 0.717) is 5.41 Å². The van der Waals surface area contributed by atoms with E-state index in [1.807, 2.05) is 7.05 Å². The Morgan fingerprint density at radius 1 is 0.950 bits per heavy atom. The molecule has 3 unspecified atom stereocenters. The number of hydrogen-bond donors (Lipinski definition) is 4. The van der Waals surface area contributed by atoms with Crippen LogP contribution < -0.4 is 21.3 Å². The number of hydrogen-bond acceptors (Lipinski definition) is 6. The van der Waals surface area contributed by atoms with E-state index in [2.05, 4.69) is 67.8 Å². The molecule has 244 valence electrons. The summed E-state index contributed by atoms with van der Waals surface area (Å²) in [6, 6.07) is 0. The zero-order valence-electron chi connectivity index (χ0n) is 28.2. The van der Waals surface area contributed by atoms with E-state index in [9.17, 15) is 0 Å². The fourth-order valence-corrected chi connectivity index (χ4v) is 7.07. The molecule has 0 aromatic heterocycles. The molecule has 40 heavy (non-hydrogen) atoms. The van der Waals surface area contributed by atoms with Crippen LogP contribution in [0, 0.1) is 29.1 Å². The van der Waals surface area contributed by atoms with Gasteiger partial charge in [0, 0.05) is 29.1 Å². The molecule has 5 aliphatic rings. The average molecular weight is 572 g/mol. The summed E-state index contributed by atoms with van der Waals surface area (Å²) >= 11 is 0. The smallest absolute Gasteiger partial charge is 0.0506 e. The molecule has 2 bridgehead atoms. The minimum Gasteiger partial charge on any atom is -0.381 e. The number of rotatable bonds is 11. The third-order valence-electron chi connectivity index (χ3n) is 9.54. The molecular weight excluding hydrogens is 494 g/mol. The Hall–Kier alpha value is -0.240. The fourth-order valence-electron chi connectivity index (χ4n) is 7.07. The second kappa shape index (κ2) is 24.2. The van der Waals surface area contributed by atoms with Gasteiger partial charge in [0.25, 0.3) is 0 Å². The summed E-state index contributed by atoms with van der Waals surface area (Å²) in [7, 11) is 4.12. The van der Waals surface area contributed by atoms with Gasteiger partial charge < -0.3 is 30.9 Å². The van der Waals surface area contributed by atoms with Crippen LogP contribution in [-0.2, 0) is 4.74 Å². The van der Waals surface area contributed by atoms with Crippen molar-refractivity contribution in [2.45, 2.75) is 105 Å². The Kier molecular flexibility index (Phi) is 22.9. The number of nitrogens with zero attached hydrogens (tertiary/aromatic N) is 1. The monoisotopic (exact) mass is 572 g/mol. The van der Waals surface area contributed by atoms with Gasteiger partial charge in [0.1, 0.15) is 0 Å². The van der Waals surface area contributed by atoms with Crippen molar-refractivity contribution in [3.63, 3.8) is 0 Å². The number of fused-ring (bicyclic) bond motifs is 4. The maximum absolute atomic E-state index is 5.44. The van der Waals surface area contributed by atoms with Crippen LogP contribution in [0.15, 0.2) is 0 Å². The van der Waals surface area contributed by atoms with Gasteiger partial charge in [0.2, 0.25) is 0 Å². The molecule has 2 aliphatic heterocycles. The molecule has 5 fully saturated rings. The molecule has 6 heteroatoms. The predicted octanol–water partition coefficient (Wildman–Crippen LogP) is 6.27.